The summed E-state index contributed by atoms with van der Waals surface area (Å²) in [4.78, 5) is 35.3. The van der Waals surface area contributed by atoms with Crippen molar-refractivity contribution in [2.24, 2.45) is 5.92 Å². The van der Waals surface area contributed by atoms with Crippen molar-refractivity contribution in [3.05, 3.63) is 60.6 Å². The van der Waals surface area contributed by atoms with Gasteiger partial charge in [0.1, 0.15) is 5.82 Å². The molecule has 7 heteroatoms. The smallest absolute Gasteiger partial charge is 0.227 e. The first-order chi connectivity index (χ1) is 17.1. The maximum Gasteiger partial charge on any atom is 0.227 e. The molecule has 0 radical (unpaired) electrons. The summed E-state index contributed by atoms with van der Waals surface area (Å²) in [5, 5.41) is 0.780. The number of aromatic nitrogens is 2. The summed E-state index contributed by atoms with van der Waals surface area (Å²) < 4.78 is 5.82. The quantitative estimate of drug-likeness (QED) is 0.354. The van der Waals surface area contributed by atoms with Gasteiger partial charge in [-0.25, -0.2) is 9.97 Å². The summed E-state index contributed by atoms with van der Waals surface area (Å²) in [5.74, 6) is 1.66. The fourth-order valence-corrected chi connectivity index (χ4v) is 4.79. The second kappa shape index (κ2) is 8.65. The minimum absolute atomic E-state index is 0.0218. The average Bonchev–Trinajstić information content (AvgIpc) is 3.44. The molecule has 1 saturated carbocycles. The van der Waals surface area contributed by atoms with Crippen molar-refractivity contribution >= 4 is 34.3 Å². The van der Waals surface area contributed by atoms with Crippen LogP contribution in [0.15, 0.2) is 59.3 Å². The van der Waals surface area contributed by atoms with Gasteiger partial charge in [-0.15, -0.1) is 0 Å². The molecule has 1 aliphatic carbocycles. The van der Waals surface area contributed by atoms with Gasteiger partial charge in [0.05, 0.1) is 0 Å². The standard InChI is InChI=1S/C28H26N4O3/c29-27-22(18-6-8-20(9-7-18)32-13-1-2-26(32)34)14-19(16-31-27)21-11-12-30-28-23(21)15-25(35-28)24(33)10-5-17-3-4-17/h6-9,11-12,14-17H,1-5,10,13H2,(H2,29,31). The van der Waals surface area contributed by atoms with E-state index in [9.17, 15) is 9.59 Å². The van der Waals surface area contributed by atoms with Gasteiger partial charge in [0.25, 0.3) is 0 Å². The normalized spacial score (nSPS) is 15.8. The first-order valence-electron chi connectivity index (χ1n) is 12.2. The fourth-order valence-electron chi connectivity index (χ4n) is 4.79. The van der Waals surface area contributed by atoms with Gasteiger partial charge in [-0.05, 0) is 60.2 Å². The Hall–Kier alpha value is -4.00. The highest BCUT2D eigenvalue weighted by molar-refractivity contribution is 6.01. The number of Topliss-reactive ketones (excluding diaryl/α,β-unsaturated/α-hetero) is 1. The lowest BCUT2D eigenvalue weighted by Crippen LogP contribution is -2.23. The summed E-state index contributed by atoms with van der Waals surface area (Å²) >= 11 is 0. The van der Waals surface area contributed by atoms with Crippen LogP contribution in [0.1, 0.15) is 49.1 Å². The van der Waals surface area contributed by atoms with Crippen LogP contribution in [-0.2, 0) is 4.79 Å². The number of ketones is 1. The minimum Gasteiger partial charge on any atom is -0.435 e. The van der Waals surface area contributed by atoms with Gasteiger partial charge in [0.2, 0.25) is 11.6 Å². The molecular weight excluding hydrogens is 440 g/mol. The van der Waals surface area contributed by atoms with Gasteiger partial charge in [0, 0.05) is 54.0 Å². The molecule has 1 saturated heterocycles. The predicted molar refractivity (Wildman–Crippen MR) is 135 cm³/mol. The number of nitrogens with two attached hydrogens (primary N) is 1. The first kappa shape index (κ1) is 21.5. The average molecular weight is 467 g/mol. The Morgan fingerprint density at radius 1 is 1.06 bits per heavy atom. The van der Waals surface area contributed by atoms with Gasteiger partial charge in [-0.2, -0.15) is 0 Å². The van der Waals surface area contributed by atoms with Crippen molar-refractivity contribution in [2.75, 3.05) is 17.2 Å². The summed E-state index contributed by atoms with van der Waals surface area (Å²) in [5.41, 5.74) is 11.0. The second-order valence-electron chi connectivity index (χ2n) is 9.45. The number of hydrogen-bond acceptors (Lipinski definition) is 6. The molecule has 1 aromatic carbocycles. The third kappa shape index (κ3) is 4.18. The van der Waals surface area contributed by atoms with Crippen molar-refractivity contribution in [1.82, 2.24) is 9.97 Å². The van der Waals surface area contributed by atoms with Crippen LogP contribution in [0, 0.1) is 5.92 Å². The molecular formula is C28H26N4O3. The number of rotatable bonds is 7. The second-order valence-corrected chi connectivity index (χ2v) is 9.45. The molecule has 0 atom stereocenters. The molecule has 0 unspecified atom stereocenters. The van der Waals surface area contributed by atoms with E-state index in [1.165, 1.54) is 12.8 Å². The highest BCUT2D eigenvalue weighted by Gasteiger charge is 2.24. The number of nitrogen functional groups attached to an aromatic ring is 1. The van der Waals surface area contributed by atoms with Crippen LogP contribution in [0.4, 0.5) is 11.5 Å². The molecule has 3 aromatic heterocycles. The predicted octanol–water partition coefficient (Wildman–Crippen LogP) is 5.64. The van der Waals surface area contributed by atoms with E-state index in [4.69, 9.17) is 10.2 Å². The summed E-state index contributed by atoms with van der Waals surface area (Å²) in [6.45, 7) is 0.755. The zero-order chi connectivity index (χ0) is 23.9. The van der Waals surface area contributed by atoms with E-state index in [-0.39, 0.29) is 11.7 Å². The Balaban J connectivity index is 1.32. The number of hydrogen-bond donors (Lipinski definition) is 1. The van der Waals surface area contributed by atoms with Crippen molar-refractivity contribution in [1.29, 1.82) is 0 Å². The molecule has 1 amide bonds. The van der Waals surface area contributed by atoms with Gasteiger partial charge in [-0.3, -0.25) is 9.59 Å². The Bertz CT molecular complexity index is 1440. The molecule has 1 aliphatic heterocycles. The minimum atomic E-state index is 0.0218. The topological polar surface area (TPSA) is 102 Å². The molecule has 7 nitrogen and oxygen atoms in total. The highest BCUT2D eigenvalue weighted by Crippen LogP contribution is 2.36. The first-order valence-corrected chi connectivity index (χ1v) is 12.2. The van der Waals surface area contributed by atoms with Crippen LogP contribution in [0.2, 0.25) is 0 Å². The van der Waals surface area contributed by atoms with E-state index in [2.05, 4.69) is 9.97 Å². The summed E-state index contributed by atoms with van der Waals surface area (Å²) in [6.07, 6.45) is 8.78. The molecule has 2 fully saturated rings. The van der Waals surface area contributed by atoms with Crippen molar-refractivity contribution < 1.29 is 14.0 Å². The van der Waals surface area contributed by atoms with Crippen LogP contribution in [0.25, 0.3) is 33.4 Å². The van der Waals surface area contributed by atoms with E-state index in [1.54, 1.807) is 18.5 Å². The van der Waals surface area contributed by atoms with Crippen LogP contribution < -0.4 is 10.6 Å². The number of carbonyl (C=O) groups excluding carboxylic acids is 2. The Morgan fingerprint density at radius 2 is 1.89 bits per heavy atom. The molecule has 35 heavy (non-hydrogen) atoms. The number of nitrogens with zero attached hydrogens (tertiary/aromatic N) is 3. The monoisotopic (exact) mass is 466 g/mol. The van der Waals surface area contributed by atoms with Crippen LogP contribution in [0.5, 0.6) is 0 Å². The maximum atomic E-state index is 12.6. The number of amides is 1. The Labute approximate surface area is 203 Å². The molecule has 4 heterocycles. The molecule has 0 spiro atoms. The number of benzene rings is 1. The molecule has 6 rings (SSSR count). The molecule has 2 N–H and O–H groups in total. The van der Waals surface area contributed by atoms with Crippen molar-refractivity contribution in [2.45, 2.75) is 38.5 Å². The van der Waals surface area contributed by atoms with Gasteiger partial charge in [-0.1, -0.05) is 25.0 Å². The molecule has 0 bridgehead atoms. The van der Waals surface area contributed by atoms with Crippen LogP contribution in [-0.4, -0.2) is 28.2 Å². The van der Waals surface area contributed by atoms with Crippen molar-refractivity contribution in [3.63, 3.8) is 0 Å². The number of fused-ring (bicyclic) bond motifs is 1. The van der Waals surface area contributed by atoms with E-state index >= 15 is 0 Å². The third-order valence-corrected chi connectivity index (χ3v) is 6.98. The third-order valence-electron chi connectivity index (χ3n) is 6.98. The van der Waals surface area contributed by atoms with E-state index in [0.29, 0.717) is 36.1 Å². The molecule has 2 aliphatic rings. The fraction of sp³-hybridized carbons (Fsp3) is 0.286. The molecule has 176 valence electrons. The maximum absolute atomic E-state index is 12.6. The zero-order valence-corrected chi connectivity index (χ0v) is 19.4. The van der Waals surface area contributed by atoms with Gasteiger partial charge < -0.3 is 15.1 Å². The van der Waals surface area contributed by atoms with E-state index in [0.717, 1.165) is 52.7 Å². The Kier molecular flexibility index (Phi) is 5.32. The summed E-state index contributed by atoms with van der Waals surface area (Å²) in [7, 11) is 0. The lowest BCUT2D eigenvalue weighted by atomic mass is 9.99. The van der Waals surface area contributed by atoms with E-state index < -0.39 is 0 Å². The van der Waals surface area contributed by atoms with Crippen LogP contribution in [0.3, 0.4) is 0 Å². The molecule has 4 aromatic rings. The zero-order valence-electron chi connectivity index (χ0n) is 19.4. The van der Waals surface area contributed by atoms with Crippen LogP contribution >= 0.6 is 0 Å². The number of furan rings is 1. The highest BCUT2D eigenvalue weighted by atomic mass is 16.4. The number of pyridine rings is 2. The number of anilines is 2. The Morgan fingerprint density at radius 3 is 2.63 bits per heavy atom. The van der Waals surface area contributed by atoms with Gasteiger partial charge >= 0.3 is 0 Å². The largest absolute Gasteiger partial charge is 0.435 e. The lowest BCUT2D eigenvalue weighted by Gasteiger charge is -2.16. The number of carbonyl (C=O) groups is 2. The summed E-state index contributed by atoms with van der Waals surface area (Å²) in [6, 6.07) is 13.5. The van der Waals surface area contributed by atoms with Crippen molar-refractivity contribution in [3.8, 4) is 22.3 Å². The SMILES string of the molecule is Nc1ncc(-c2ccnc3oc(C(=O)CCC4CC4)cc23)cc1-c1ccc(N2CCCC2=O)cc1. The van der Waals surface area contributed by atoms with E-state index in [1.807, 2.05) is 41.3 Å². The van der Waals surface area contributed by atoms with Gasteiger partial charge in [0.15, 0.2) is 11.5 Å². The lowest BCUT2D eigenvalue weighted by molar-refractivity contribution is -0.117.